The van der Waals surface area contributed by atoms with Gasteiger partial charge in [0.15, 0.2) is 17.5 Å². The van der Waals surface area contributed by atoms with Crippen molar-refractivity contribution in [3.63, 3.8) is 0 Å². The van der Waals surface area contributed by atoms with Crippen LogP contribution in [0.15, 0.2) is 12.1 Å². The van der Waals surface area contributed by atoms with Crippen LogP contribution in [0.4, 0.5) is 23.7 Å². The van der Waals surface area contributed by atoms with Crippen molar-refractivity contribution in [3.8, 4) is 0 Å². The van der Waals surface area contributed by atoms with Gasteiger partial charge in [-0.1, -0.05) is 0 Å². The molecule has 0 atom stereocenters. The first-order valence-corrected chi connectivity index (χ1v) is 8.01. The van der Waals surface area contributed by atoms with Crippen molar-refractivity contribution >= 4 is 17.7 Å². The molecule has 0 unspecified atom stereocenters. The zero-order chi connectivity index (χ0) is 18.4. The number of anilines is 1. The van der Waals surface area contributed by atoms with Crippen molar-refractivity contribution < 1.29 is 27.5 Å². The molecule has 1 aliphatic heterocycles. The van der Waals surface area contributed by atoms with Crippen LogP contribution in [0.1, 0.15) is 13.3 Å². The third kappa shape index (κ3) is 4.77. The van der Waals surface area contributed by atoms with E-state index in [1.165, 1.54) is 4.90 Å². The fourth-order valence-electron chi connectivity index (χ4n) is 2.48. The van der Waals surface area contributed by atoms with Gasteiger partial charge >= 0.3 is 6.09 Å². The Morgan fingerprint density at radius 2 is 1.72 bits per heavy atom. The van der Waals surface area contributed by atoms with Gasteiger partial charge in [-0.15, -0.1) is 0 Å². The summed E-state index contributed by atoms with van der Waals surface area (Å²) in [5.74, 6) is -4.29. The molecule has 6 nitrogen and oxygen atoms in total. The van der Waals surface area contributed by atoms with Gasteiger partial charge in [-0.3, -0.25) is 4.79 Å². The first-order chi connectivity index (χ1) is 11.9. The predicted octanol–water partition coefficient (Wildman–Crippen LogP) is 2.21. The zero-order valence-corrected chi connectivity index (χ0v) is 13.9. The van der Waals surface area contributed by atoms with Crippen LogP contribution in [0.25, 0.3) is 0 Å². The lowest BCUT2D eigenvalue weighted by Crippen LogP contribution is -2.50. The van der Waals surface area contributed by atoms with E-state index in [1.807, 2.05) is 0 Å². The molecule has 25 heavy (non-hydrogen) atoms. The third-order valence-electron chi connectivity index (χ3n) is 3.85. The van der Waals surface area contributed by atoms with Crippen LogP contribution in [0.3, 0.4) is 0 Å². The average molecular weight is 359 g/mol. The number of amides is 2. The van der Waals surface area contributed by atoms with Crippen molar-refractivity contribution in [2.45, 2.75) is 13.3 Å². The highest BCUT2D eigenvalue weighted by Crippen LogP contribution is 2.19. The summed E-state index contributed by atoms with van der Waals surface area (Å²) in [7, 11) is 0. The molecule has 0 bridgehead atoms. The number of hydrogen-bond acceptors (Lipinski definition) is 4. The van der Waals surface area contributed by atoms with Gasteiger partial charge in [0.2, 0.25) is 5.91 Å². The third-order valence-corrected chi connectivity index (χ3v) is 3.85. The van der Waals surface area contributed by atoms with E-state index in [1.54, 1.807) is 11.8 Å². The molecule has 0 saturated carbocycles. The lowest BCUT2D eigenvalue weighted by Gasteiger charge is -2.34. The number of nitrogens with one attached hydrogen (secondary N) is 1. The summed E-state index contributed by atoms with van der Waals surface area (Å²) in [6.45, 7) is 3.64. The summed E-state index contributed by atoms with van der Waals surface area (Å²) in [6, 6.07) is 1.90. The van der Waals surface area contributed by atoms with E-state index in [0.29, 0.717) is 32.8 Å². The number of carbonyl (C=O) groups is 2. The Balaban J connectivity index is 1.76. The number of rotatable bonds is 5. The Hall–Kier alpha value is -2.45. The second-order valence-corrected chi connectivity index (χ2v) is 5.47. The standard InChI is InChI=1S/C16H20F3N3O3/c1-2-25-16(24)22-9-7-21(8-10-22)13(23)5-6-20-12-4-3-11(17)14(18)15(12)19/h3-4,20H,2,5-10H2,1H3. The number of ether oxygens (including phenoxy) is 1. The molecule has 0 aliphatic carbocycles. The Morgan fingerprint density at radius 3 is 2.36 bits per heavy atom. The summed E-state index contributed by atoms with van der Waals surface area (Å²) in [4.78, 5) is 26.8. The van der Waals surface area contributed by atoms with Crippen molar-refractivity contribution in [3.05, 3.63) is 29.6 Å². The molecule has 1 fully saturated rings. The molecule has 0 spiro atoms. The number of carbonyl (C=O) groups excluding carboxylic acids is 2. The number of halogens is 3. The molecule has 1 aromatic carbocycles. The maximum Gasteiger partial charge on any atom is 0.409 e. The van der Waals surface area contributed by atoms with E-state index < -0.39 is 23.5 Å². The SMILES string of the molecule is CCOC(=O)N1CCN(C(=O)CCNc2ccc(F)c(F)c2F)CC1. The van der Waals surface area contributed by atoms with Crippen molar-refractivity contribution in [1.29, 1.82) is 0 Å². The summed E-state index contributed by atoms with van der Waals surface area (Å²) in [6.07, 6.45) is -0.331. The molecule has 0 aromatic heterocycles. The maximum atomic E-state index is 13.5. The number of hydrogen-bond donors (Lipinski definition) is 1. The fourth-order valence-corrected chi connectivity index (χ4v) is 2.48. The molecule has 2 amide bonds. The summed E-state index contributed by atoms with van der Waals surface area (Å²) < 4.78 is 44.4. The number of piperazine rings is 1. The molecule has 1 saturated heterocycles. The van der Waals surface area contributed by atoms with Crippen molar-refractivity contribution in [2.24, 2.45) is 0 Å². The lowest BCUT2D eigenvalue weighted by molar-refractivity contribution is -0.132. The predicted molar refractivity (Wildman–Crippen MR) is 84.6 cm³/mol. The molecule has 1 N–H and O–H groups in total. The van der Waals surface area contributed by atoms with Crippen LogP contribution >= 0.6 is 0 Å². The summed E-state index contributed by atoms with van der Waals surface area (Å²) in [5, 5.41) is 2.58. The highest BCUT2D eigenvalue weighted by molar-refractivity contribution is 5.77. The highest BCUT2D eigenvalue weighted by Gasteiger charge is 2.24. The van der Waals surface area contributed by atoms with Crippen LogP contribution in [0.5, 0.6) is 0 Å². The fraction of sp³-hybridized carbons (Fsp3) is 0.500. The van der Waals surface area contributed by atoms with E-state index in [-0.39, 0.29) is 24.6 Å². The van der Waals surface area contributed by atoms with Gasteiger partial charge < -0.3 is 19.9 Å². The van der Waals surface area contributed by atoms with Gasteiger partial charge in [0.05, 0.1) is 12.3 Å². The topological polar surface area (TPSA) is 61.9 Å². The van der Waals surface area contributed by atoms with Crippen LogP contribution in [0.2, 0.25) is 0 Å². The van der Waals surface area contributed by atoms with E-state index in [2.05, 4.69) is 5.32 Å². The van der Waals surface area contributed by atoms with Gasteiger partial charge in [0, 0.05) is 39.1 Å². The van der Waals surface area contributed by atoms with Gasteiger partial charge in [0.1, 0.15) is 0 Å². The largest absolute Gasteiger partial charge is 0.450 e. The summed E-state index contributed by atoms with van der Waals surface area (Å²) in [5.41, 5.74) is -0.196. The zero-order valence-electron chi connectivity index (χ0n) is 13.9. The molecule has 2 rings (SSSR count). The first kappa shape index (κ1) is 18.9. The number of benzene rings is 1. The molecular formula is C16H20F3N3O3. The first-order valence-electron chi connectivity index (χ1n) is 8.01. The van der Waals surface area contributed by atoms with E-state index in [9.17, 15) is 22.8 Å². The second-order valence-electron chi connectivity index (χ2n) is 5.47. The highest BCUT2D eigenvalue weighted by atomic mass is 19.2. The molecule has 0 radical (unpaired) electrons. The van der Waals surface area contributed by atoms with Crippen LogP contribution < -0.4 is 5.32 Å². The Bertz CT molecular complexity index is 635. The molecule has 1 aromatic rings. The maximum absolute atomic E-state index is 13.5. The quantitative estimate of drug-likeness (QED) is 0.819. The van der Waals surface area contributed by atoms with Crippen LogP contribution in [-0.2, 0) is 9.53 Å². The Kier molecular flexibility index (Phi) is 6.49. The van der Waals surface area contributed by atoms with Gasteiger partial charge in [-0.25, -0.2) is 18.0 Å². The molecule has 1 aliphatic rings. The minimum Gasteiger partial charge on any atom is -0.450 e. The minimum absolute atomic E-state index is 0.0673. The molecule has 138 valence electrons. The van der Waals surface area contributed by atoms with Gasteiger partial charge in [-0.05, 0) is 19.1 Å². The Labute approximate surface area is 143 Å². The molecule has 9 heteroatoms. The van der Waals surface area contributed by atoms with Crippen molar-refractivity contribution in [1.82, 2.24) is 9.80 Å². The Morgan fingerprint density at radius 1 is 1.08 bits per heavy atom. The second kappa shape index (κ2) is 8.59. The van der Waals surface area contributed by atoms with Crippen LogP contribution in [0, 0.1) is 17.5 Å². The average Bonchev–Trinajstić information content (AvgIpc) is 2.62. The number of nitrogens with zero attached hydrogens (tertiary/aromatic N) is 2. The normalized spacial score (nSPS) is 14.4. The van der Waals surface area contributed by atoms with Gasteiger partial charge in [-0.2, -0.15) is 0 Å². The molecule has 1 heterocycles. The van der Waals surface area contributed by atoms with Crippen LogP contribution in [-0.4, -0.2) is 61.1 Å². The monoisotopic (exact) mass is 359 g/mol. The van der Waals surface area contributed by atoms with E-state index >= 15 is 0 Å². The van der Waals surface area contributed by atoms with Gasteiger partial charge in [0.25, 0.3) is 0 Å². The smallest absolute Gasteiger partial charge is 0.409 e. The lowest BCUT2D eigenvalue weighted by atomic mass is 10.2. The van der Waals surface area contributed by atoms with E-state index in [0.717, 1.165) is 12.1 Å². The summed E-state index contributed by atoms with van der Waals surface area (Å²) >= 11 is 0. The van der Waals surface area contributed by atoms with E-state index in [4.69, 9.17) is 4.74 Å². The van der Waals surface area contributed by atoms with Crippen molar-refractivity contribution in [2.75, 3.05) is 44.6 Å². The molecular weight excluding hydrogens is 339 g/mol. The minimum atomic E-state index is -1.55.